The lowest BCUT2D eigenvalue weighted by atomic mass is 10.1. The topological polar surface area (TPSA) is 38.7 Å². The molecule has 1 aliphatic rings. The number of ether oxygens (including phenoxy) is 2. The Bertz CT molecular complexity index is 349. The monoisotopic (exact) mass is 214 g/mol. The standard InChI is InChI=1S/C10H11ClO3/c1-6(12)9-7(11)2-3-8-10(9)14-5-4-13-8/h2-3,6,12H,4-5H2,1H3. The Hall–Kier alpha value is -0.930. The molecular formula is C10H11ClO3. The molecule has 76 valence electrons. The Morgan fingerprint density at radius 1 is 1.36 bits per heavy atom. The normalized spacial score (nSPS) is 16.5. The van der Waals surface area contributed by atoms with Crippen LogP contribution in [0.5, 0.6) is 11.5 Å². The molecule has 0 bridgehead atoms. The molecule has 0 amide bonds. The van der Waals surface area contributed by atoms with Gasteiger partial charge in [-0.1, -0.05) is 11.6 Å². The molecule has 1 atom stereocenters. The predicted molar refractivity (Wildman–Crippen MR) is 53.1 cm³/mol. The molecule has 0 aromatic heterocycles. The molecule has 1 N–H and O–H groups in total. The first kappa shape index (κ1) is 9.62. The minimum Gasteiger partial charge on any atom is -0.486 e. The highest BCUT2D eigenvalue weighted by atomic mass is 35.5. The van der Waals surface area contributed by atoms with Crippen molar-refractivity contribution in [2.24, 2.45) is 0 Å². The van der Waals surface area contributed by atoms with Gasteiger partial charge in [0.05, 0.1) is 11.1 Å². The number of fused-ring (bicyclic) bond motifs is 1. The van der Waals surface area contributed by atoms with Crippen molar-refractivity contribution in [2.75, 3.05) is 13.2 Å². The van der Waals surface area contributed by atoms with Crippen LogP contribution in [0, 0.1) is 0 Å². The third-order valence-electron chi connectivity index (χ3n) is 2.11. The third kappa shape index (κ3) is 1.53. The molecule has 1 aromatic carbocycles. The molecule has 1 unspecified atom stereocenters. The fourth-order valence-electron chi connectivity index (χ4n) is 1.50. The van der Waals surface area contributed by atoms with Gasteiger partial charge in [0.25, 0.3) is 0 Å². The molecule has 0 fully saturated rings. The summed E-state index contributed by atoms with van der Waals surface area (Å²) in [6, 6.07) is 3.46. The van der Waals surface area contributed by atoms with Gasteiger partial charge >= 0.3 is 0 Å². The van der Waals surface area contributed by atoms with E-state index < -0.39 is 6.10 Å². The SMILES string of the molecule is CC(O)c1c(Cl)ccc2c1OCCO2. The van der Waals surface area contributed by atoms with Crippen LogP contribution in [0.3, 0.4) is 0 Å². The molecule has 14 heavy (non-hydrogen) atoms. The Balaban J connectivity index is 2.55. The van der Waals surface area contributed by atoms with Gasteiger partial charge in [-0.05, 0) is 19.1 Å². The molecule has 0 aliphatic carbocycles. The van der Waals surface area contributed by atoms with Crippen molar-refractivity contribution in [1.82, 2.24) is 0 Å². The molecule has 0 spiro atoms. The van der Waals surface area contributed by atoms with Gasteiger partial charge in [0, 0.05) is 5.56 Å². The van der Waals surface area contributed by atoms with E-state index in [0.29, 0.717) is 35.3 Å². The summed E-state index contributed by atoms with van der Waals surface area (Å²) in [6.07, 6.45) is -0.654. The van der Waals surface area contributed by atoms with Gasteiger partial charge < -0.3 is 14.6 Å². The molecule has 1 aliphatic heterocycles. The maximum absolute atomic E-state index is 9.54. The smallest absolute Gasteiger partial charge is 0.168 e. The Morgan fingerprint density at radius 3 is 2.79 bits per heavy atom. The molecule has 0 saturated carbocycles. The lowest BCUT2D eigenvalue weighted by Gasteiger charge is -2.22. The quantitative estimate of drug-likeness (QED) is 0.779. The number of hydrogen-bond acceptors (Lipinski definition) is 3. The zero-order chi connectivity index (χ0) is 10.1. The molecule has 2 rings (SSSR count). The van der Waals surface area contributed by atoms with Gasteiger partial charge in [0.2, 0.25) is 0 Å². The summed E-state index contributed by atoms with van der Waals surface area (Å²) in [5.74, 6) is 1.22. The summed E-state index contributed by atoms with van der Waals surface area (Å²) in [4.78, 5) is 0. The van der Waals surface area contributed by atoms with E-state index in [9.17, 15) is 5.11 Å². The Kier molecular flexibility index (Phi) is 2.52. The predicted octanol–water partition coefficient (Wildman–Crippen LogP) is 2.16. The van der Waals surface area contributed by atoms with Crippen molar-refractivity contribution in [3.63, 3.8) is 0 Å². The highest BCUT2D eigenvalue weighted by Crippen LogP contribution is 2.41. The van der Waals surface area contributed by atoms with Crippen LogP contribution < -0.4 is 9.47 Å². The number of hydrogen-bond donors (Lipinski definition) is 1. The highest BCUT2D eigenvalue weighted by molar-refractivity contribution is 6.31. The average molecular weight is 215 g/mol. The maximum atomic E-state index is 9.54. The van der Waals surface area contributed by atoms with Crippen LogP contribution in [0.1, 0.15) is 18.6 Å². The van der Waals surface area contributed by atoms with Crippen LogP contribution in [0.4, 0.5) is 0 Å². The summed E-state index contributed by atoms with van der Waals surface area (Å²) in [5.41, 5.74) is 0.601. The van der Waals surface area contributed by atoms with Gasteiger partial charge in [0.15, 0.2) is 11.5 Å². The number of rotatable bonds is 1. The second-order valence-electron chi connectivity index (χ2n) is 3.16. The first-order valence-electron chi connectivity index (χ1n) is 4.46. The van der Waals surface area contributed by atoms with Gasteiger partial charge in [0.1, 0.15) is 13.2 Å². The Labute approximate surface area is 87.2 Å². The van der Waals surface area contributed by atoms with E-state index in [1.54, 1.807) is 19.1 Å². The van der Waals surface area contributed by atoms with E-state index in [1.807, 2.05) is 0 Å². The van der Waals surface area contributed by atoms with Crippen molar-refractivity contribution in [2.45, 2.75) is 13.0 Å². The van der Waals surface area contributed by atoms with Crippen LogP contribution in [-0.4, -0.2) is 18.3 Å². The number of halogens is 1. The average Bonchev–Trinajstić information content (AvgIpc) is 2.17. The Morgan fingerprint density at radius 2 is 2.07 bits per heavy atom. The van der Waals surface area contributed by atoms with E-state index in [2.05, 4.69) is 0 Å². The number of aliphatic hydroxyl groups excluding tert-OH is 1. The molecule has 0 radical (unpaired) electrons. The van der Waals surface area contributed by atoms with E-state index >= 15 is 0 Å². The first-order valence-corrected chi connectivity index (χ1v) is 4.84. The zero-order valence-electron chi connectivity index (χ0n) is 7.79. The second-order valence-corrected chi connectivity index (χ2v) is 3.57. The van der Waals surface area contributed by atoms with Crippen LogP contribution in [-0.2, 0) is 0 Å². The minimum absolute atomic E-state index is 0.493. The van der Waals surface area contributed by atoms with Crippen molar-refractivity contribution >= 4 is 11.6 Å². The van der Waals surface area contributed by atoms with E-state index in [-0.39, 0.29) is 0 Å². The number of aliphatic hydroxyl groups is 1. The third-order valence-corrected chi connectivity index (χ3v) is 2.44. The lowest BCUT2D eigenvalue weighted by molar-refractivity contribution is 0.153. The molecule has 3 nitrogen and oxygen atoms in total. The summed E-state index contributed by atoms with van der Waals surface area (Å²) in [5, 5.41) is 10.0. The fourth-order valence-corrected chi connectivity index (χ4v) is 1.81. The zero-order valence-corrected chi connectivity index (χ0v) is 8.54. The lowest BCUT2D eigenvalue weighted by Crippen LogP contribution is -2.17. The van der Waals surface area contributed by atoms with Crippen molar-refractivity contribution in [3.8, 4) is 11.5 Å². The fraction of sp³-hybridized carbons (Fsp3) is 0.400. The van der Waals surface area contributed by atoms with E-state index in [4.69, 9.17) is 21.1 Å². The van der Waals surface area contributed by atoms with Crippen LogP contribution in [0.2, 0.25) is 5.02 Å². The largest absolute Gasteiger partial charge is 0.486 e. The van der Waals surface area contributed by atoms with Crippen molar-refractivity contribution in [1.29, 1.82) is 0 Å². The summed E-state index contributed by atoms with van der Waals surface area (Å²) in [7, 11) is 0. The van der Waals surface area contributed by atoms with Crippen molar-refractivity contribution in [3.05, 3.63) is 22.7 Å². The summed E-state index contributed by atoms with van der Waals surface area (Å²) < 4.78 is 10.8. The van der Waals surface area contributed by atoms with Gasteiger partial charge in [-0.25, -0.2) is 0 Å². The first-order chi connectivity index (χ1) is 6.70. The minimum atomic E-state index is -0.654. The van der Waals surface area contributed by atoms with Crippen LogP contribution >= 0.6 is 11.6 Å². The van der Waals surface area contributed by atoms with Crippen LogP contribution in [0.25, 0.3) is 0 Å². The molecule has 4 heteroatoms. The number of benzene rings is 1. The molecule has 1 aromatic rings. The highest BCUT2D eigenvalue weighted by Gasteiger charge is 2.21. The maximum Gasteiger partial charge on any atom is 0.168 e. The summed E-state index contributed by atoms with van der Waals surface area (Å²) >= 11 is 5.96. The van der Waals surface area contributed by atoms with Crippen molar-refractivity contribution < 1.29 is 14.6 Å². The van der Waals surface area contributed by atoms with Gasteiger partial charge in [-0.3, -0.25) is 0 Å². The van der Waals surface area contributed by atoms with Gasteiger partial charge in [-0.2, -0.15) is 0 Å². The van der Waals surface area contributed by atoms with Gasteiger partial charge in [-0.15, -0.1) is 0 Å². The van der Waals surface area contributed by atoms with Crippen LogP contribution in [0.15, 0.2) is 12.1 Å². The summed E-state index contributed by atoms with van der Waals surface area (Å²) in [6.45, 7) is 2.68. The molecule has 0 saturated heterocycles. The second kappa shape index (κ2) is 3.67. The van der Waals surface area contributed by atoms with E-state index in [0.717, 1.165) is 0 Å². The molecule has 1 heterocycles. The molecular weight excluding hydrogens is 204 g/mol. The van der Waals surface area contributed by atoms with E-state index in [1.165, 1.54) is 0 Å².